The Bertz CT molecular complexity index is 750. The summed E-state index contributed by atoms with van der Waals surface area (Å²) in [5.41, 5.74) is 1.86. The van der Waals surface area contributed by atoms with Crippen molar-refractivity contribution in [1.82, 2.24) is 0 Å². The Morgan fingerprint density at radius 1 is 1.16 bits per heavy atom. The molecule has 1 heterocycles. The van der Waals surface area contributed by atoms with E-state index in [0.29, 0.717) is 12.3 Å². The molecule has 0 fully saturated rings. The molecule has 2 atom stereocenters. The number of ether oxygens (including phenoxy) is 2. The molecule has 0 aliphatic carbocycles. The first kappa shape index (κ1) is 26.5. The lowest BCUT2D eigenvalue weighted by Crippen LogP contribution is -2.35. The van der Waals surface area contributed by atoms with Crippen LogP contribution < -0.4 is 9.47 Å². The van der Waals surface area contributed by atoms with E-state index >= 15 is 0 Å². The van der Waals surface area contributed by atoms with Crippen molar-refractivity contribution in [3.63, 3.8) is 0 Å². The van der Waals surface area contributed by atoms with E-state index in [-0.39, 0.29) is 11.0 Å². The van der Waals surface area contributed by atoms with E-state index in [9.17, 15) is 9.90 Å². The number of carbonyl (C=O) groups is 1. The Balaban J connectivity index is 2.41. The molecule has 2 unspecified atom stereocenters. The van der Waals surface area contributed by atoms with Gasteiger partial charge in [-0.1, -0.05) is 73.1 Å². The Morgan fingerprint density at radius 2 is 1.81 bits per heavy atom. The average molecular weight is 447 g/mol. The number of fused-ring (bicyclic) bond motifs is 1. The van der Waals surface area contributed by atoms with Gasteiger partial charge in [-0.05, 0) is 63.0 Å². The van der Waals surface area contributed by atoms with Gasteiger partial charge in [0.1, 0.15) is 17.1 Å². The number of hydrogen-bond acceptors (Lipinski definition) is 3. The second kappa shape index (κ2) is 11.4. The van der Waals surface area contributed by atoms with Gasteiger partial charge in [-0.3, -0.25) is 0 Å². The zero-order chi connectivity index (χ0) is 23.9. The van der Waals surface area contributed by atoms with Gasteiger partial charge in [-0.15, -0.1) is 0 Å². The van der Waals surface area contributed by atoms with E-state index in [1.807, 2.05) is 0 Å². The van der Waals surface area contributed by atoms with Crippen LogP contribution in [0.3, 0.4) is 0 Å². The maximum atomic E-state index is 12.0. The second-order valence-electron chi connectivity index (χ2n) is 11.0. The van der Waals surface area contributed by atoms with Gasteiger partial charge in [0.15, 0.2) is 6.10 Å². The van der Waals surface area contributed by atoms with Gasteiger partial charge >= 0.3 is 5.97 Å². The van der Waals surface area contributed by atoms with E-state index < -0.39 is 12.1 Å². The van der Waals surface area contributed by atoms with Crippen molar-refractivity contribution >= 4 is 5.97 Å². The molecule has 1 aromatic carbocycles. The summed E-state index contributed by atoms with van der Waals surface area (Å²) in [5, 5.41) is 9.87. The maximum Gasteiger partial charge on any atom is 0.344 e. The second-order valence-corrected chi connectivity index (χ2v) is 11.0. The van der Waals surface area contributed by atoms with Gasteiger partial charge in [-0.2, -0.15) is 0 Å². The highest BCUT2D eigenvalue weighted by Gasteiger charge is 2.35. The molecule has 32 heavy (non-hydrogen) atoms. The molecule has 0 bridgehead atoms. The number of benzene rings is 1. The number of hydrogen-bond donors (Lipinski definition) is 1. The van der Waals surface area contributed by atoms with Gasteiger partial charge in [0.05, 0.1) is 0 Å². The zero-order valence-electron chi connectivity index (χ0n) is 21.6. The number of unbranched alkanes of at least 4 members (excludes halogenated alkanes) is 5. The third-order valence-electron chi connectivity index (χ3n) is 6.83. The van der Waals surface area contributed by atoms with Crippen LogP contribution in [0.1, 0.15) is 130 Å². The van der Waals surface area contributed by atoms with Crippen molar-refractivity contribution in [3.05, 3.63) is 23.3 Å². The third kappa shape index (κ3) is 7.15. The minimum atomic E-state index is -0.876. The fraction of sp³-hybridized carbons (Fsp3) is 0.750. The summed E-state index contributed by atoms with van der Waals surface area (Å²) < 4.78 is 12.7. The van der Waals surface area contributed by atoms with Crippen LogP contribution in [-0.4, -0.2) is 22.8 Å². The molecule has 4 nitrogen and oxygen atoms in total. The molecule has 0 saturated heterocycles. The molecule has 0 amide bonds. The van der Waals surface area contributed by atoms with Crippen LogP contribution in [0.5, 0.6) is 11.5 Å². The number of aliphatic carboxylic acids is 1. The molecule has 1 aromatic rings. The standard InChI is InChI=1S/C28H46O4/c1-8-10-12-13-15-23(26(29)30)31-25-17-21-20(3)19-28(6,7)32-24(21)18-22(25)27(4,5)16-14-11-9-2/h17-18,20,23H,8-16,19H2,1-7H3,(H,29,30). The molecule has 1 N–H and O–H groups in total. The number of rotatable bonds is 13. The van der Waals surface area contributed by atoms with Crippen LogP contribution in [0, 0.1) is 0 Å². The first-order valence-electron chi connectivity index (χ1n) is 12.8. The smallest absolute Gasteiger partial charge is 0.344 e. The molecular formula is C28H46O4. The average Bonchev–Trinajstić information content (AvgIpc) is 2.69. The van der Waals surface area contributed by atoms with Crippen LogP contribution in [0.25, 0.3) is 0 Å². The molecule has 1 aliphatic rings. The Labute approximate surface area is 196 Å². The zero-order valence-corrected chi connectivity index (χ0v) is 21.6. The number of carboxylic acids is 1. The van der Waals surface area contributed by atoms with Crippen molar-refractivity contribution in [2.75, 3.05) is 0 Å². The van der Waals surface area contributed by atoms with Crippen LogP contribution in [0.2, 0.25) is 0 Å². The fourth-order valence-corrected chi connectivity index (χ4v) is 4.96. The summed E-state index contributed by atoms with van der Waals surface area (Å²) in [5.74, 6) is 1.11. The fourth-order valence-electron chi connectivity index (χ4n) is 4.96. The van der Waals surface area contributed by atoms with Crippen LogP contribution in [0.4, 0.5) is 0 Å². The highest BCUT2D eigenvalue weighted by molar-refractivity contribution is 5.73. The molecule has 1 aliphatic heterocycles. The molecule has 0 aromatic heterocycles. The summed E-state index contributed by atoms with van der Waals surface area (Å²) in [6.07, 6.45) is 9.38. The quantitative estimate of drug-likeness (QED) is 0.312. The largest absolute Gasteiger partial charge is 0.488 e. The maximum absolute atomic E-state index is 12.0. The van der Waals surface area contributed by atoms with E-state index in [4.69, 9.17) is 9.47 Å². The van der Waals surface area contributed by atoms with Crippen molar-refractivity contribution in [1.29, 1.82) is 0 Å². The van der Waals surface area contributed by atoms with Gasteiger partial charge in [-0.25, -0.2) is 4.79 Å². The van der Waals surface area contributed by atoms with Gasteiger partial charge in [0, 0.05) is 11.1 Å². The molecule has 0 radical (unpaired) electrons. The topological polar surface area (TPSA) is 55.8 Å². The Morgan fingerprint density at radius 3 is 2.44 bits per heavy atom. The van der Waals surface area contributed by atoms with Crippen molar-refractivity contribution in [2.45, 2.75) is 136 Å². The highest BCUT2D eigenvalue weighted by atomic mass is 16.5. The summed E-state index contributed by atoms with van der Waals surface area (Å²) >= 11 is 0. The molecule has 0 spiro atoms. The summed E-state index contributed by atoms with van der Waals surface area (Å²) in [6.45, 7) is 15.4. The molecule has 2 rings (SSSR count). The Hall–Kier alpha value is -1.71. The van der Waals surface area contributed by atoms with Crippen LogP contribution >= 0.6 is 0 Å². The van der Waals surface area contributed by atoms with Crippen molar-refractivity contribution in [3.8, 4) is 11.5 Å². The Kier molecular flexibility index (Phi) is 9.48. The van der Waals surface area contributed by atoms with Crippen molar-refractivity contribution < 1.29 is 19.4 Å². The monoisotopic (exact) mass is 446 g/mol. The summed E-state index contributed by atoms with van der Waals surface area (Å²) in [4.78, 5) is 12.0. The predicted molar refractivity (Wildman–Crippen MR) is 132 cm³/mol. The third-order valence-corrected chi connectivity index (χ3v) is 6.83. The lowest BCUT2D eigenvalue weighted by atomic mass is 9.77. The van der Waals surface area contributed by atoms with Crippen molar-refractivity contribution in [2.24, 2.45) is 0 Å². The van der Waals surface area contributed by atoms with E-state index in [0.717, 1.165) is 67.6 Å². The lowest BCUT2D eigenvalue weighted by molar-refractivity contribution is -0.145. The normalized spacial score (nSPS) is 18.5. The molecule has 0 saturated carbocycles. The van der Waals surface area contributed by atoms with Gasteiger partial charge in [0.2, 0.25) is 0 Å². The van der Waals surface area contributed by atoms with Gasteiger partial charge in [0.25, 0.3) is 0 Å². The van der Waals surface area contributed by atoms with Crippen LogP contribution in [0.15, 0.2) is 12.1 Å². The molecule has 182 valence electrons. The van der Waals surface area contributed by atoms with Gasteiger partial charge < -0.3 is 14.6 Å². The van der Waals surface area contributed by atoms with E-state index in [1.165, 1.54) is 12.8 Å². The summed E-state index contributed by atoms with van der Waals surface area (Å²) in [6, 6.07) is 4.22. The first-order valence-corrected chi connectivity index (χ1v) is 12.8. The van der Waals surface area contributed by atoms with E-state index in [1.54, 1.807) is 0 Å². The summed E-state index contributed by atoms with van der Waals surface area (Å²) in [7, 11) is 0. The number of carboxylic acid groups (broad SMARTS) is 1. The molecule has 4 heteroatoms. The predicted octanol–water partition coefficient (Wildman–Crippen LogP) is 8.01. The van der Waals surface area contributed by atoms with Crippen LogP contribution in [-0.2, 0) is 10.2 Å². The van der Waals surface area contributed by atoms with E-state index in [2.05, 4.69) is 60.6 Å². The minimum Gasteiger partial charge on any atom is -0.488 e. The SMILES string of the molecule is CCCCCCC(Oc1cc2c(cc1C(C)(C)CCCCC)OC(C)(C)CC2C)C(=O)O. The minimum absolute atomic E-state index is 0.126. The highest BCUT2D eigenvalue weighted by Crippen LogP contribution is 2.47. The lowest BCUT2D eigenvalue weighted by Gasteiger charge is -2.38. The molecular weight excluding hydrogens is 400 g/mol. The first-order chi connectivity index (χ1) is 15.0.